The van der Waals surface area contributed by atoms with Crippen molar-refractivity contribution in [1.29, 1.82) is 0 Å². The fraction of sp³-hybridized carbons (Fsp3) is 0.385. The monoisotopic (exact) mass is 217 g/mol. The fourth-order valence-electron chi connectivity index (χ4n) is 2.15. The van der Waals surface area contributed by atoms with Crippen LogP contribution in [0.1, 0.15) is 28.8 Å². The molecule has 84 valence electrons. The second kappa shape index (κ2) is 4.47. The molecular formula is C13H15NO2. The number of carbonyl (C=O) groups excluding carboxylic acids is 2. The molecule has 0 N–H and O–H groups in total. The zero-order valence-electron chi connectivity index (χ0n) is 9.35. The summed E-state index contributed by atoms with van der Waals surface area (Å²) in [4.78, 5) is 24.7. The van der Waals surface area contributed by atoms with E-state index in [9.17, 15) is 9.59 Å². The summed E-state index contributed by atoms with van der Waals surface area (Å²) in [6, 6.07) is 7.27. The molecule has 1 amide bonds. The van der Waals surface area contributed by atoms with Gasteiger partial charge in [0.25, 0.3) is 5.91 Å². The van der Waals surface area contributed by atoms with Crippen LogP contribution in [-0.2, 0) is 4.79 Å². The number of carbonyl (C=O) groups is 2. The molecule has 3 nitrogen and oxygen atoms in total. The van der Waals surface area contributed by atoms with Gasteiger partial charge in [-0.2, -0.15) is 0 Å². The highest BCUT2D eigenvalue weighted by Gasteiger charge is 2.29. The highest BCUT2D eigenvalue weighted by atomic mass is 16.2. The Hall–Kier alpha value is -1.64. The van der Waals surface area contributed by atoms with E-state index in [1.165, 1.54) is 0 Å². The van der Waals surface area contributed by atoms with E-state index >= 15 is 0 Å². The van der Waals surface area contributed by atoms with Crippen LogP contribution in [0.5, 0.6) is 0 Å². The van der Waals surface area contributed by atoms with Crippen molar-refractivity contribution in [1.82, 2.24) is 4.90 Å². The molecule has 0 aromatic heterocycles. The molecule has 16 heavy (non-hydrogen) atoms. The Labute approximate surface area is 95.1 Å². The first kappa shape index (κ1) is 10.9. The van der Waals surface area contributed by atoms with Crippen molar-refractivity contribution >= 4 is 12.2 Å². The number of rotatable bonds is 2. The lowest BCUT2D eigenvalue weighted by Gasteiger charge is -2.21. The number of likely N-dealkylation sites (tertiary alicyclic amines) is 1. The third-order valence-corrected chi connectivity index (χ3v) is 3.09. The second-order valence-electron chi connectivity index (χ2n) is 4.16. The SMILES string of the molecule is Cc1ccccc1C(=O)N1CCCC1C=O. The molecule has 1 aliphatic heterocycles. The molecule has 1 aliphatic rings. The summed E-state index contributed by atoms with van der Waals surface area (Å²) < 4.78 is 0. The number of hydrogen-bond donors (Lipinski definition) is 0. The maximum absolute atomic E-state index is 12.2. The van der Waals surface area contributed by atoms with Crippen LogP contribution in [0.3, 0.4) is 0 Å². The van der Waals surface area contributed by atoms with Gasteiger partial charge in [-0.25, -0.2) is 0 Å². The number of aldehydes is 1. The van der Waals surface area contributed by atoms with Gasteiger partial charge in [0.2, 0.25) is 0 Å². The Bertz CT molecular complexity index is 414. The molecule has 1 atom stereocenters. The van der Waals surface area contributed by atoms with Gasteiger partial charge in [0.15, 0.2) is 0 Å². The first-order valence-corrected chi connectivity index (χ1v) is 5.56. The van der Waals surface area contributed by atoms with Crippen molar-refractivity contribution in [2.45, 2.75) is 25.8 Å². The summed E-state index contributed by atoms with van der Waals surface area (Å²) in [5.41, 5.74) is 1.67. The van der Waals surface area contributed by atoms with Crippen LogP contribution in [0.4, 0.5) is 0 Å². The molecule has 0 saturated carbocycles. The molecule has 1 fully saturated rings. The van der Waals surface area contributed by atoms with E-state index in [2.05, 4.69) is 0 Å². The molecule has 1 unspecified atom stereocenters. The summed E-state index contributed by atoms with van der Waals surface area (Å²) in [7, 11) is 0. The summed E-state index contributed by atoms with van der Waals surface area (Å²) >= 11 is 0. The number of amides is 1. The highest BCUT2D eigenvalue weighted by Crippen LogP contribution is 2.20. The maximum atomic E-state index is 12.2. The largest absolute Gasteiger partial charge is 0.329 e. The number of nitrogens with zero attached hydrogens (tertiary/aromatic N) is 1. The van der Waals surface area contributed by atoms with E-state index in [4.69, 9.17) is 0 Å². The predicted molar refractivity (Wildman–Crippen MR) is 61.3 cm³/mol. The minimum Gasteiger partial charge on any atom is -0.329 e. The first-order chi connectivity index (χ1) is 7.74. The topological polar surface area (TPSA) is 37.4 Å². The standard InChI is InChI=1S/C13H15NO2/c1-10-5-2-3-7-12(10)13(16)14-8-4-6-11(14)9-15/h2-3,5,7,9,11H,4,6,8H2,1H3. The van der Waals surface area contributed by atoms with Gasteiger partial charge < -0.3 is 9.69 Å². The van der Waals surface area contributed by atoms with Crippen LogP contribution in [0.25, 0.3) is 0 Å². The molecule has 0 bridgehead atoms. The van der Waals surface area contributed by atoms with Crippen molar-refractivity contribution in [3.63, 3.8) is 0 Å². The minimum atomic E-state index is -0.230. The molecule has 0 aliphatic carbocycles. The molecule has 0 radical (unpaired) electrons. The average Bonchev–Trinajstić information content (AvgIpc) is 2.77. The second-order valence-corrected chi connectivity index (χ2v) is 4.16. The minimum absolute atomic E-state index is 0.0206. The van der Waals surface area contributed by atoms with Gasteiger partial charge in [-0.1, -0.05) is 18.2 Å². The van der Waals surface area contributed by atoms with Crippen LogP contribution >= 0.6 is 0 Å². The molecule has 3 heteroatoms. The zero-order valence-corrected chi connectivity index (χ0v) is 9.35. The van der Waals surface area contributed by atoms with Crippen molar-refractivity contribution in [2.75, 3.05) is 6.54 Å². The van der Waals surface area contributed by atoms with E-state index in [0.717, 1.165) is 24.7 Å². The molecular weight excluding hydrogens is 202 g/mol. The summed E-state index contributed by atoms with van der Waals surface area (Å²) in [5.74, 6) is -0.0206. The van der Waals surface area contributed by atoms with E-state index in [1.54, 1.807) is 4.90 Å². The Morgan fingerprint density at radius 3 is 2.88 bits per heavy atom. The van der Waals surface area contributed by atoms with Gasteiger partial charge >= 0.3 is 0 Å². The van der Waals surface area contributed by atoms with Gasteiger partial charge in [0.1, 0.15) is 6.29 Å². The summed E-state index contributed by atoms with van der Waals surface area (Å²) in [6.45, 7) is 2.61. The zero-order chi connectivity index (χ0) is 11.5. The summed E-state index contributed by atoms with van der Waals surface area (Å²) in [6.07, 6.45) is 2.59. The average molecular weight is 217 g/mol. The smallest absolute Gasteiger partial charge is 0.254 e. The van der Waals surface area contributed by atoms with Gasteiger partial charge in [-0.05, 0) is 31.4 Å². The van der Waals surface area contributed by atoms with Gasteiger partial charge in [-0.15, -0.1) is 0 Å². The molecule has 0 spiro atoms. The third-order valence-electron chi connectivity index (χ3n) is 3.09. The van der Waals surface area contributed by atoms with Crippen LogP contribution < -0.4 is 0 Å². The predicted octanol–water partition coefficient (Wildman–Crippen LogP) is 1.80. The van der Waals surface area contributed by atoms with Crippen molar-refractivity contribution in [2.24, 2.45) is 0 Å². The van der Waals surface area contributed by atoms with E-state index < -0.39 is 0 Å². The Morgan fingerprint density at radius 1 is 1.44 bits per heavy atom. The Morgan fingerprint density at radius 2 is 2.19 bits per heavy atom. The normalized spacial score (nSPS) is 19.8. The van der Waals surface area contributed by atoms with Crippen LogP contribution in [0.15, 0.2) is 24.3 Å². The number of benzene rings is 1. The van der Waals surface area contributed by atoms with Crippen molar-refractivity contribution in [3.05, 3.63) is 35.4 Å². The lowest BCUT2D eigenvalue weighted by atomic mass is 10.1. The number of hydrogen-bond acceptors (Lipinski definition) is 2. The quantitative estimate of drug-likeness (QED) is 0.708. The Balaban J connectivity index is 2.25. The van der Waals surface area contributed by atoms with Gasteiger partial charge in [0.05, 0.1) is 6.04 Å². The lowest BCUT2D eigenvalue weighted by molar-refractivity contribution is -0.111. The fourth-order valence-corrected chi connectivity index (χ4v) is 2.15. The molecule has 1 aromatic rings. The van der Waals surface area contributed by atoms with Crippen LogP contribution in [0.2, 0.25) is 0 Å². The van der Waals surface area contributed by atoms with Gasteiger partial charge in [-0.3, -0.25) is 4.79 Å². The van der Waals surface area contributed by atoms with Crippen LogP contribution in [0, 0.1) is 6.92 Å². The maximum Gasteiger partial charge on any atom is 0.254 e. The van der Waals surface area contributed by atoms with E-state index in [-0.39, 0.29) is 11.9 Å². The molecule has 2 rings (SSSR count). The van der Waals surface area contributed by atoms with Crippen LogP contribution in [-0.4, -0.2) is 29.7 Å². The highest BCUT2D eigenvalue weighted by molar-refractivity contribution is 5.97. The van der Waals surface area contributed by atoms with Gasteiger partial charge in [0, 0.05) is 12.1 Å². The van der Waals surface area contributed by atoms with Crippen molar-refractivity contribution < 1.29 is 9.59 Å². The first-order valence-electron chi connectivity index (χ1n) is 5.56. The Kier molecular flexibility index (Phi) is 3.04. The third kappa shape index (κ3) is 1.85. The molecule has 1 heterocycles. The van der Waals surface area contributed by atoms with E-state index in [1.807, 2.05) is 31.2 Å². The lowest BCUT2D eigenvalue weighted by Crippen LogP contribution is -2.36. The van der Waals surface area contributed by atoms with E-state index in [0.29, 0.717) is 12.1 Å². The molecule has 1 saturated heterocycles. The van der Waals surface area contributed by atoms with Crippen molar-refractivity contribution in [3.8, 4) is 0 Å². The number of aryl methyl sites for hydroxylation is 1. The summed E-state index contributed by atoms with van der Waals surface area (Å²) in [5, 5.41) is 0. The molecule has 1 aromatic carbocycles.